The summed E-state index contributed by atoms with van der Waals surface area (Å²) in [6.07, 6.45) is 3.91. The molecule has 134 valence electrons. The van der Waals surface area contributed by atoms with Gasteiger partial charge in [0.2, 0.25) is 0 Å². The number of benzene rings is 1. The van der Waals surface area contributed by atoms with Crippen molar-refractivity contribution in [2.45, 2.75) is 38.3 Å². The number of ether oxygens (including phenoxy) is 2. The van der Waals surface area contributed by atoms with E-state index in [1.807, 2.05) is 26.2 Å². The van der Waals surface area contributed by atoms with Gasteiger partial charge in [-0.15, -0.1) is 0 Å². The first kappa shape index (κ1) is 18.7. The first-order chi connectivity index (χ1) is 11.6. The molecular weight excluding hydrogens is 304 g/mol. The van der Waals surface area contributed by atoms with Crippen molar-refractivity contribution in [3.63, 3.8) is 0 Å². The van der Waals surface area contributed by atoms with Crippen LogP contribution in [0.4, 0.5) is 0 Å². The maximum absolute atomic E-state index is 11.5. The summed E-state index contributed by atoms with van der Waals surface area (Å²) in [5.74, 6) is 0.948. The highest BCUT2D eigenvalue weighted by molar-refractivity contribution is 5.72. The number of methoxy groups -OCH3 is 1. The Bertz CT molecular complexity index is 494. The Balaban J connectivity index is 1.68. The first-order valence-electron chi connectivity index (χ1n) is 8.76. The number of likely N-dealkylation sites (N-methyl/N-ethyl adjacent to an activating group) is 1. The molecule has 0 heterocycles. The van der Waals surface area contributed by atoms with E-state index in [9.17, 15) is 4.79 Å². The normalized spacial score (nSPS) is 20.8. The molecule has 5 heteroatoms. The van der Waals surface area contributed by atoms with Crippen molar-refractivity contribution >= 4 is 5.97 Å². The van der Waals surface area contributed by atoms with Gasteiger partial charge in [0.1, 0.15) is 12.4 Å². The van der Waals surface area contributed by atoms with E-state index < -0.39 is 0 Å². The molecule has 0 saturated heterocycles. The van der Waals surface area contributed by atoms with Gasteiger partial charge in [0.25, 0.3) is 0 Å². The van der Waals surface area contributed by atoms with Crippen LogP contribution in [0.2, 0.25) is 0 Å². The van der Waals surface area contributed by atoms with Crippen molar-refractivity contribution in [1.29, 1.82) is 0 Å². The topological polar surface area (TPSA) is 50.8 Å². The van der Waals surface area contributed by atoms with E-state index in [4.69, 9.17) is 9.47 Å². The molecule has 24 heavy (non-hydrogen) atoms. The third-order valence-electron chi connectivity index (χ3n) is 4.59. The third kappa shape index (κ3) is 6.13. The Morgan fingerprint density at radius 1 is 1.17 bits per heavy atom. The molecule has 1 saturated carbocycles. The van der Waals surface area contributed by atoms with Gasteiger partial charge >= 0.3 is 5.97 Å². The van der Waals surface area contributed by atoms with Crippen LogP contribution < -0.4 is 10.1 Å². The summed E-state index contributed by atoms with van der Waals surface area (Å²) in [4.78, 5) is 13.6. The van der Waals surface area contributed by atoms with Gasteiger partial charge in [-0.2, -0.15) is 0 Å². The lowest BCUT2D eigenvalue weighted by atomic mass is 9.86. The number of nitrogens with zero attached hydrogens (tertiary/aromatic N) is 1. The molecule has 1 aromatic rings. The zero-order valence-corrected chi connectivity index (χ0v) is 15.1. The van der Waals surface area contributed by atoms with Crippen LogP contribution in [-0.2, 0) is 16.1 Å². The zero-order chi connectivity index (χ0) is 17.4. The quantitative estimate of drug-likeness (QED) is 0.740. The van der Waals surface area contributed by atoms with Crippen molar-refractivity contribution in [3.8, 4) is 5.75 Å². The second kappa shape index (κ2) is 9.64. The molecular formula is C19H30N2O3. The van der Waals surface area contributed by atoms with Gasteiger partial charge in [0.05, 0.1) is 13.0 Å². The molecule has 5 nitrogen and oxygen atoms in total. The predicted molar refractivity (Wildman–Crippen MR) is 95.1 cm³/mol. The van der Waals surface area contributed by atoms with E-state index in [0.29, 0.717) is 12.6 Å². The molecule has 1 aliphatic carbocycles. The van der Waals surface area contributed by atoms with E-state index >= 15 is 0 Å². The smallest absolute Gasteiger partial charge is 0.308 e. The molecule has 0 radical (unpaired) electrons. The summed E-state index contributed by atoms with van der Waals surface area (Å²) in [5, 5.41) is 3.59. The fraction of sp³-hybridized carbons (Fsp3) is 0.632. The Kier molecular flexibility index (Phi) is 7.53. The fourth-order valence-electron chi connectivity index (χ4n) is 3.01. The molecule has 0 unspecified atom stereocenters. The van der Waals surface area contributed by atoms with Crippen LogP contribution in [0.25, 0.3) is 0 Å². The molecule has 1 N–H and O–H groups in total. The van der Waals surface area contributed by atoms with Crippen LogP contribution in [0.1, 0.15) is 31.2 Å². The van der Waals surface area contributed by atoms with E-state index in [1.54, 1.807) is 0 Å². The summed E-state index contributed by atoms with van der Waals surface area (Å²) in [6, 6.07) is 8.76. The monoisotopic (exact) mass is 334 g/mol. The highest BCUT2D eigenvalue weighted by Crippen LogP contribution is 2.25. The summed E-state index contributed by atoms with van der Waals surface area (Å²) < 4.78 is 10.5. The van der Waals surface area contributed by atoms with Crippen LogP contribution in [0.15, 0.2) is 24.3 Å². The highest BCUT2D eigenvalue weighted by atomic mass is 16.5. The van der Waals surface area contributed by atoms with Crippen LogP contribution in [-0.4, -0.2) is 51.3 Å². The van der Waals surface area contributed by atoms with Gasteiger partial charge < -0.3 is 19.7 Å². The fourth-order valence-corrected chi connectivity index (χ4v) is 3.01. The van der Waals surface area contributed by atoms with E-state index in [2.05, 4.69) is 22.3 Å². The molecule has 0 atom stereocenters. The lowest BCUT2D eigenvalue weighted by molar-refractivity contribution is -0.146. The van der Waals surface area contributed by atoms with Crippen LogP contribution in [0, 0.1) is 5.92 Å². The summed E-state index contributed by atoms with van der Waals surface area (Å²) in [5.41, 5.74) is 1.25. The SMILES string of the molecule is COC(=O)C1CCC(NCc2ccc(OCCN(C)C)cc2)CC1. The summed E-state index contributed by atoms with van der Waals surface area (Å²) in [7, 11) is 5.55. The van der Waals surface area contributed by atoms with Crippen molar-refractivity contribution in [2.24, 2.45) is 5.92 Å². The molecule has 0 spiro atoms. The first-order valence-corrected chi connectivity index (χ1v) is 8.76. The van der Waals surface area contributed by atoms with Crippen molar-refractivity contribution < 1.29 is 14.3 Å². The molecule has 2 rings (SSSR count). The average molecular weight is 334 g/mol. The number of carbonyl (C=O) groups excluding carboxylic acids is 1. The summed E-state index contributed by atoms with van der Waals surface area (Å²) in [6.45, 7) is 2.47. The van der Waals surface area contributed by atoms with Gasteiger partial charge in [-0.1, -0.05) is 12.1 Å². The van der Waals surface area contributed by atoms with Gasteiger partial charge in [-0.25, -0.2) is 0 Å². The van der Waals surface area contributed by atoms with Gasteiger partial charge in [-0.3, -0.25) is 4.79 Å². The van der Waals surface area contributed by atoms with E-state index in [-0.39, 0.29) is 11.9 Å². The lowest BCUT2D eigenvalue weighted by Gasteiger charge is -2.27. The van der Waals surface area contributed by atoms with E-state index in [0.717, 1.165) is 44.5 Å². The van der Waals surface area contributed by atoms with Crippen LogP contribution >= 0.6 is 0 Å². The number of hydrogen-bond acceptors (Lipinski definition) is 5. The minimum Gasteiger partial charge on any atom is -0.492 e. The Morgan fingerprint density at radius 3 is 2.42 bits per heavy atom. The molecule has 0 bridgehead atoms. The van der Waals surface area contributed by atoms with Gasteiger partial charge in [-0.05, 0) is 57.5 Å². The second-order valence-corrected chi connectivity index (χ2v) is 6.75. The Morgan fingerprint density at radius 2 is 1.83 bits per heavy atom. The maximum atomic E-state index is 11.5. The van der Waals surface area contributed by atoms with Crippen molar-refractivity contribution in [1.82, 2.24) is 10.2 Å². The van der Waals surface area contributed by atoms with Crippen LogP contribution in [0.5, 0.6) is 5.75 Å². The number of carbonyl (C=O) groups is 1. The summed E-state index contributed by atoms with van der Waals surface area (Å²) >= 11 is 0. The minimum absolute atomic E-state index is 0.0571. The Labute approximate surface area is 145 Å². The van der Waals surface area contributed by atoms with Gasteiger partial charge in [0, 0.05) is 19.1 Å². The molecule has 0 aromatic heterocycles. The van der Waals surface area contributed by atoms with Crippen molar-refractivity contribution in [3.05, 3.63) is 29.8 Å². The highest BCUT2D eigenvalue weighted by Gasteiger charge is 2.26. The molecule has 1 fully saturated rings. The van der Waals surface area contributed by atoms with Crippen molar-refractivity contribution in [2.75, 3.05) is 34.4 Å². The zero-order valence-electron chi connectivity index (χ0n) is 15.1. The standard InChI is InChI=1S/C19H30N2O3/c1-21(2)12-13-24-18-10-4-15(5-11-18)14-20-17-8-6-16(7-9-17)19(22)23-3/h4-5,10-11,16-17,20H,6-9,12-14H2,1-3H3. The Hall–Kier alpha value is -1.59. The van der Waals surface area contributed by atoms with Crippen LogP contribution in [0.3, 0.4) is 0 Å². The largest absolute Gasteiger partial charge is 0.492 e. The average Bonchev–Trinajstić information content (AvgIpc) is 2.60. The number of hydrogen-bond donors (Lipinski definition) is 1. The van der Waals surface area contributed by atoms with E-state index in [1.165, 1.54) is 12.7 Å². The number of rotatable bonds is 8. The molecule has 0 amide bonds. The lowest BCUT2D eigenvalue weighted by Crippen LogP contribution is -2.34. The van der Waals surface area contributed by atoms with Gasteiger partial charge in [0.15, 0.2) is 0 Å². The molecule has 1 aromatic carbocycles. The predicted octanol–water partition coefficient (Wildman–Crippen LogP) is 2.45. The second-order valence-electron chi connectivity index (χ2n) is 6.75. The molecule has 0 aliphatic heterocycles. The number of nitrogens with one attached hydrogen (secondary N) is 1. The minimum atomic E-state index is -0.0571. The number of esters is 1. The molecule has 1 aliphatic rings. The maximum Gasteiger partial charge on any atom is 0.308 e. The third-order valence-corrected chi connectivity index (χ3v) is 4.59.